The highest BCUT2D eigenvalue weighted by molar-refractivity contribution is 5.09. The van der Waals surface area contributed by atoms with E-state index >= 15 is 0 Å². The van der Waals surface area contributed by atoms with Gasteiger partial charge in [0.05, 0.1) is 12.2 Å². The number of nitrogens with zero attached hydrogens (tertiary/aromatic N) is 2. The molecule has 0 N–H and O–H groups in total. The molecule has 0 aliphatic carbocycles. The summed E-state index contributed by atoms with van der Waals surface area (Å²) in [5, 5.41) is 0. The van der Waals surface area contributed by atoms with Crippen molar-refractivity contribution < 1.29 is 4.74 Å². The van der Waals surface area contributed by atoms with Crippen molar-refractivity contribution in [2.45, 2.75) is 38.5 Å². The van der Waals surface area contributed by atoms with E-state index in [0.717, 1.165) is 19.0 Å². The number of rotatable bonds is 2. The van der Waals surface area contributed by atoms with Gasteiger partial charge in [0.2, 0.25) is 0 Å². The third-order valence-electron chi connectivity index (χ3n) is 3.95. The Kier molecular flexibility index (Phi) is 3.12. The molecular formula is C14H20N2O. The van der Waals surface area contributed by atoms with Crippen LogP contribution < -0.4 is 0 Å². The molecular weight excluding hydrogens is 212 g/mol. The van der Waals surface area contributed by atoms with E-state index in [2.05, 4.69) is 28.9 Å². The van der Waals surface area contributed by atoms with Gasteiger partial charge in [-0.15, -0.1) is 0 Å². The van der Waals surface area contributed by atoms with E-state index in [9.17, 15) is 0 Å². The number of likely N-dealkylation sites (tertiary alicyclic amines) is 1. The smallest absolute Gasteiger partial charge is 0.0632 e. The Bertz CT molecular complexity index is 368. The average molecular weight is 232 g/mol. The van der Waals surface area contributed by atoms with Gasteiger partial charge in [-0.2, -0.15) is 0 Å². The predicted octanol–water partition coefficient (Wildman–Crippen LogP) is 2.08. The topological polar surface area (TPSA) is 25.4 Å². The molecule has 3 rings (SSSR count). The summed E-state index contributed by atoms with van der Waals surface area (Å²) in [6.45, 7) is 5.61. The lowest BCUT2D eigenvalue weighted by Gasteiger charge is -2.34. The van der Waals surface area contributed by atoms with Gasteiger partial charge in [-0.05, 0) is 37.5 Å². The van der Waals surface area contributed by atoms with Crippen molar-refractivity contribution in [3.8, 4) is 0 Å². The zero-order valence-electron chi connectivity index (χ0n) is 10.4. The number of pyridine rings is 1. The quantitative estimate of drug-likeness (QED) is 0.780. The highest BCUT2D eigenvalue weighted by Crippen LogP contribution is 2.32. The lowest BCUT2D eigenvalue weighted by molar-refractivity contribution is 0.00584. The number of ether oxygens (including phenoxy) is 1. The minimum atomic E-state index is 0.464. The monoisotopic (exact) mass is 232 g/mol. The number of piperidine rings is 1. The Hall–Kier alpha value is -0.930. The van der Waals surface area contributed by atoms with Crippen molar-refractivity contribution in [2.24, 2.45) is 5.92 Å². The first kappa shape index (κ1) is 11.2. The Morgan fingerprint density at radius 3 is 3.06 bits per heavy atom. The van der Waals surface area contributed by atoms with Crippen LogP contribution in [0.15, 0.2) is 24.5 Å². The third kappa shape index (κ3) is 2.50. The second kappa shape index (κ2) is 4.75. The van der Waals surface area contributed by atoms with Gasteiger partial charge < -0.3 is 4.74 Å². The summed E-state index contributed by atoms with van der Waals surface area (Å²) in [4.78, 5) is 6.62. The summed E-state index contributed by atoms with van der Waals surface area (Å²) in [7, 11) is 0. The van der Waals surface area contributed by atoms with Crippen LogP contribution in [0.3, 0.4) is 0 Å². The molecule has 0 aromatic carbocycles. The van der Waals surface area contributed by atoms with Gasteiger partial charge >= 0.3 is 0 Å². The highest BCUT2D eigenvalue weighted by atomic mass is 16.5. The Labute approximate surface area is 103 Å². The van der Waals surface area contributed by atoms with Crippen LogP contribution in [-0.4, -0.2) is 35.2 Å². The molecule has 2 aliphatic rings. The van der Waals surface area contributed by atoms with Crippen LogP contribution in [0, 0.1) is 5.92 Å². The van der Waals surface area contributed by atoms with Crippen LogP contribution in [0.5, 0.6) is 0 Å². The van der Waals surface area contributed by atoms with E-state index < -0.39 is 0 Å². The van der Waals surface area contributed by atoms with Crippen molar-refractivity contribution >= 4 is 0 Å². The number of hydrogen-bond acceptors (Lipinski definition) is 3. The Morgan fingerprint density at radius 2 is 2.24 bits per heavy atom. The molecule has 0 spiro atoms. The van der Waals surface area contributed by atoms with Crippen LogP contribution in [0.4, 0.5) is 0 Å². The molecule has 2 aliphatic heterocycles. The second-order valence-electron chi connectivity index (χ2n) is 5.36. The SMILES string of the molecule is C[C@H]1C[C@H]2CN(Cc3ccncc3)CC[C@@H]2O1. The van der Waals surface area contributed by atoms with Crippen LogP contribution in [0.2, 0.25) is 0 Å². The molecule has 0 amide bonds. The maximum atomic E-state index is 5.93. The molecule has 3 atom stereocenters. The fourth-order valence-corrected chi connectivity index (χ4v) is 3.16. The summed E-state index contributed by atoms with van der Waals surface area (Å²) in [6, 6.07) is 4.22. The molecule has 0 unspecified atom stereocenters. The van der Waals surface area contributed by atoms with E-state index in [1.807, 2.05) is 12.4 Å². The number of aromatic nitrogens is 1. The van der Waals surface area contributed by atoms with E-state index in [1.54, 1.807) is 0 Å². The summed E-state index contributed by atoms with van der Waals surface area (Å²) in [5.74, 6) is 0.751. The van der Waals surface area contributed by atoms with Gasteiger partial charge in [-0.3, -0.25) is 9.88 Å². The first-order chi connectivity index (χ1) is 8.31. The zero-order chi connectivity index (χ0) is 11.7. The summed E-state index contributed by atoms with van der Waals surface area (Å²) >= 11 is 0. The minimum Gasteiger partial charge on any atom is -0.375 e. The van der Waals surface area contributed by atoms with Gasteiger partial charge in [-0.1, -0.05) is 0 Å². The van der Waals surface area contributed by atoms with Crippen molar-refractivity contribution in [1.29, 1.82) is 0 Å². The molecule has 2 fully saturated rings. The van der Waals surface area contributed by atoms with Crippen molar-refractivity contribution in [3.05, 3.63) is 30.1 Å². The van der Waals surface area contributed by atoms with Gasteiger partial charge in [-0.25, -0.2) is 0 Å². The van der Waals surface area contributed by atoms with Crippen LogP contribution in [0.25, 0.3) is 0 Å². The normalized spacial score (nSPS) is 33.6. The van der Waals surface area contributed by atoms with Crippen molar-refractivity contribution in [3.63, 3.8) is 0 Å². The van der Waals surface area contributed by atoms with Gasteiger partial charge in [0.25, 0.3) is 0 Å². The van der Waals surface area contributed by atoms with Gasteiger partial charge in [0.15, 0.2) is 0 Å². The van der Waals surface area contributed by atoms with E-state index in [-0.39, 0.29) is 0 Å². The maximum absolute atomic E-state index is 5.93. The highest BCUT2D eigenvalue weighted by Gasteiger charge is 2.36. The molecule has 0 saturated carbocycles. The van der Waals surface area contributed by atoms with Crippen LogP contribution >= 0.6 is 0 Å². The minimum absolute atomic E-state index is 0.464. The van der Waals surface area contributed by atoms with Crippen molar-refractivity contribution in [2.75, 3.05) is 13.1 Å². The zero-order valence-corrected chi connectivity index (χ0v) is 10.4. The Morgan fingerprint density at radius 1 is 1.41 bits per heavy atom. The molecule has 1 aromatic rings. The van der Waals surface area contributed by atoms with Gasteiger partial charge in [0.1, 0.15) is 0 Å². The molecule has 0 radical (unpaired) electrons. The van der Waals surface area contributed by atoms with Crippen molar-refractivity contribution in [1.82, 2.24) is 9.88 Å². The molecule has 1 aromatic heterocycles. The average Bonchev–Trinajstić information content (AvgIpc) is 2.70. The molecule has 17 heavy (non-hydrogen) atoms. The Balaban J connectivity index is 1.60. The molecule has 3 heterocycles. The largest absolute Gasteiger partial charge is 0.375 e. The fourth-order valence-electron chi connectivity index (χ4n) is 3.16. The third-order valence-corrected chi connectivity index (χ3v) is 3.95. The lowest BCUT2D eigenvalue weighted by atomic mass is 9.93. The predicted molar refractivity (Wildman–Crippen MR) is 66.6 cm³/mol. The van der Waals surface area contributed by atoms with E-state index in [4.69, 9.17) is 4.74 Å². The summed E-state index contributed by atoms with van der Waals surface area (Å²) in [6.07, 6.45) is 7.17. The standard InChI is InChI=1S/C14H20N2O/c1-11-8-13-10-16(7-4-14(13)17-11)9-12-2-5-15-6-3-12/h2-3,5-6,11,13-14H,4,7-10H2,1H3/t11-,13-,14-/m0/s1. The fraction of sp³-hybridized carbons (Fsp3) is 0.643. The molecule has 3 heteroatoms. The van der Waals surface area contributed by atoms with Crippen LogP contribution in [-0.2, 0) is 11.3 Å². The second-order valence-corrected chi connectivity index (χ2v) is 5.36. The number of fused-ring (bicyclic) bond motifs is 1. The van der Waals surface area contributed by atoms with E-state index in [0.29, 0.717) is 12.2 Å². The molecule has 2 saturated heterocycles. The summed E-state index contributed by atoms with van der Waals surface area (Å²) < 4.78 is 5.93. The van der Waals surface area contributed by atoms with Gasteiger partial charge in [0, 0.05) is 37.9 Å². The van der Waals surface area contributed by atoms with Crippen LogP contribution in [0.1, 0.15) is 25.3 Å². The number of hydrogen-bond donors (Lipinski definition) is 0. The molecule has 3 nitrogen and oxygen atoms in total. The lowest BCUT2D eigenvalue weighted by Crippen LogP contribution is -2.40. The molecule has 0 bridgehead atoms. The summed E-state index contributed by atoms with van der Waals surface area (Å²) in [5.41, 5.74) is 1.37. The molecule has 92 valence electrons. The first-order valence-electron chi connectivity index (χ1n) is 6.58. The van der Waals surface area contributed by atoms with E-state index in [1.165, 1.54) is 24.9 Å². The first-order valence-corrected chi connectivity index (χ1v) is 6.58. The maximum Gasteiger partial charge on any atom is 0.0632 e.